The summed E-state index contributed by atoms with van der Waals surface area (Å²) in [6.07, 6.45) is 1.70. The number of aryl methyl sites for hydroxylation is 1. The Bertz CT molecular complexity index is 767. The second kappa shape index (κ2) is 9.47. The second-order valence-electron chi connectivity index (χ2n) is 6.51. The summed E-state index contributed by atoms with van der Waals surface area (Å²) in [4.78, 5) is 12.3. The summed E-state index contributed by atoms with van der Waals surface area (Å²) >= 11 is 0. The van der Waals surface area contributed by atoms with Crippen LogP contribution in [0.2, 0.25) is 0 Å². The summed E-state index contributed by atoms with van der Waals surface area (Å²) in [6, 6.07) is 16.9. The average molecular weight is 351 g/mol. The molecule has 0 radical (unpaired) electrons. The molecule has 0 aliphatic carbocycles. The van der Waals surface area contributed by atoms with E-state index in [2.05, 4.69) is 28.8 Å². The van der Waals surface area contributed by atoms with E-state index in [0.29, 0.717) is 17.0 Å². The van der Waals surface area contributed by atoms with Crippen LogP contribution in [-0.2, 0) is 6.42 Å². The minimum absolute atomic E-state index is 0.0174. The molecule has 0 aliphatic heterocycles. The third-order valence-electron chi connectivity index (χ3n) is 3.81. The smallest absolute Gasteiger partial charge is 0.319 e. The Morgan fingerprint density at radius 3 is 2.54 bits per heavy atom. The molecule has 0 heterocycles. The van der Waals surface area contributed by atoms with Gasteiger partial charge in [0.1, 0.15) is 5.75 Å². The number of rotatable bonds is 7. The van der Waals surface area contributed by atoms with E-state index in [-0.39, 0.29) is 18.2 Å². The van der Waals surface area contributed by atoms with Crippen LogP contribution in [-0.4, -0.2) is 18.2 Å². The average Bonchev–Trinajstić information content (AvgIpc) is 2.62. The van der Waals surface area contributed by atoms with Gasteiger partial charge in [-0.1, -0.05) is 30.3 Å². The lowest BCUT2D eigenvalue weighted by Crippen LogP contribution is -2.36. The molecular weight excluding hydrogens is 326 g/mol. The number of carbonyl (C=O) groups excluding carboxylic acids is 1. The zero-order chi connectivity index (χ0) is 18.9. The van der Waals surface area contributed by atoms with Crippen molar-refractivity contribution in [2.45, 2.75) is 45.8 Å². The maximum atomic E-state index is 12.3. The van der Waals surface area contributed by atoms with Crippen LogP contribution in [0.25, 0.3) is 0 Å². The van der Waals surface area contributed by atoms with E-state index < -0.39 is 0 Å². The van der Waals surface area contributed by atoms with E-state index in [4.69, 9.17) is 10.00 Å². The van der Waals surface area contributed by atoms with E-state index in [0.717, 1.165) is 12.8 Å². The molecule has 1 unspecified atom stereocenters. The highest BCUT2D eigenvalue weighted by Crippen LogP contribution is 2.26. The second-order valence-corrected chi connectivity index (χ2v) is 6.51. The number of nitrogens with one attached hydrogen (secondary N) is 2. The van der Waals surface area contributed by atoms with Gasteiger partial charge in [0.15, 0.2) is 0 Å². The van der Waals surface area contributed by atoms with Crippen LogP contribution in [0.5, 0.6) is 5.75 Å². The fraction of sp³-hybridized carbons (Fsp3) is 0.333. The van der Waals surface area contributed by atoms with Crippen molar-refractivity contribution in [1.29, 1.82) is 5.26 Å². The zero-order valence-electron chi connectivity index (χ0n) is 15.5. The van der Waals surface area contributed by atoms with Crippen LogP contribution in [0.1, 0.15) is 38.3 Å². The Morgan fingerprint density at radius 1 is 1.15 bits per heavy atom. The van der Waals surface area contributed by atoms with E-state index in [1.54, 1.807) is 18.2 Å². The third kappa shape index (κ3) is 6.14. The first kappa shape index (κ1) is 19.3. The van der Waals surface area contributed by atoms with Gasteiger partial charge >= 0.3 is 6.03 Å². The van der Waals surface area contributed by atoms with E-state index in [1.807, 2.05) is 39.0 Å². The first-order chi connectivity index (χ1) is 12.5. The van der Waals surface area contributed by atoms with Crippen molar-refractivity contribution in [2.75, 3.05) is 5.32 Å². The fourth-order valence-electron chi connectivity index (χ4n) is 2.54. The van der Waals surface area contributed by atoms with Crippen LogP contribution in [0, 0.1) is 11.3 Å². The maximum Gasteiger partial charge on any atom is 0.319 e. The predicted octanol–water partition coefficient (Wildman–Crippen LogP) is 4.49. The highest BCUT2D eigenvalue weighted by Gasteiger charge is 2.12. The molecule has 0 saturated carbocycles. The molecule has 0 aliphatic rings. The van der Waals surface area contributed by atoms with Gasteiger partial charge in [-0.2, -0.15) is 5.26 Å². The van der Waals surface area contributed by atoms with Crippen molar-refractivity contribution in [3.8, 4) is 11.8 Å². The lowest BCUT2D eigenvalue weighted by molar-refractivity contribution is 0.241. The first-order valence-corrected chi connectivity index (χ1v) is 8.80. The lowest BCUT2D eigenvalue weighted by atomic mass is 10.1. The molecule has 0 saturated heterocycles. The Labute approximate surface area is 155 Å². The van der Waals surface area contributed by atoms with Gasteiger partial charge in [-0.3, -0.25) is 0 Å². The SMILES string of the molecule is CC(CCc1ccccc1)NC(=O)Nc1cc(C#N)ccc1OC(C)C. The van der Waals surface area contributed by atoms with E-state index in [9.17, 15) is 4.79 Å². The minimum Gasteiger partial charge on any atom is -0.489 e. The number of anilines is 1. The molecule has 2 rings (SSSR count). The monoisotopic (exact) mass is 351 g/mol. The van der Waals surface area contributed by atoms with Gasteiger partial charge in [-0.15, -0.1) is 0 Å². The van der Waals surface area contributed by atoms with Crippen molar-refractivity contribution in [3.63, 3.8) is 0 Å². The Balaban J connectivity index is 1.94. The Kier molecular flexibility index (Phi) is 7.04. The van der Waals surface area contributed by atoms with Gasteiger partial charge in [0.05, 0.1) is 23.4 Å². The van der Waals surface area contributed by atoms with Crippen molar-refractivity contribution in [2.24, 2.45) is 0 Å². The molecule has 136 valence electrons. The molecule has 5 heteroatoms. The van der Waals surface area contributed by atoms with Crippen LogP contribution < -0.4 is 15.4 Å². The first-order valence-electron chi connectivity index (χ1n) is 8.80. The van der Waals surface area contributed by atoms with Gasteiger partial charge in [0, 0.05) is 6.04 Å². The number of benzene rings is 2. The number of urea groups is 1. The summed E-state index contributed by atoms with van der Waals surface area (Å²) in [5, 5.41) is 14.8. The fourth-order valence-corrected chi connectivity index (χ4v) is 2.54. The van der Waals surface area contributed by atoms with Crippen LogP contribution in [0.4, 0.5) is 10.5 Å². The van der Waals surface area contributed by atoms with E-state index >= 15 is 0 Å². The quantitative estimate of drug-likeness (QED) is 0.772. The molecule has 0 bridgehead atoms. The summed E-state index contributed by atoms with van der Waals surface area (Å²) in [7, 11) is 0. The maximum absolute atomic E-state index is 12.3. The number of carbonyl (C=O) groups is 1. The highest BCUT2D eigenvalue weighted by molar-refractivity contribution is 5.91. The van der Waals surface area contributed by atoms with Gasteiger partial charge in [0.25, 0.3) is 0 Å². The summed E-state index contributed by atoms with van der Waals surface area (Å²) in [6.45, 7) is 5.79. The van der Waals surface area contributed by atoms with Gasteiger partial charge in [-0.05, 0) is 57.4 Å². The Hall–Kier alpha value is -3.00. The number of nitrogens with zero attached hydrogens (tertiary/aromatic N) is 1. The summed E-state index contributed by atoms with van der Waals surface area (Å²) < 4.78 is 5.70. The number of hydrogen-bond donors (Lipinski definition) is 2. The molecule has 2 aromatic carbocycles. The van der Waals surface area contributed by atoms with Gasteiger partial charge < -0.3 is 15.4 Å². The molecular formula is C21H25N3O2. The molecule has 0 aromatic heterocycles. The lowest BCUT2D eigenvalue weighted by Gasteiger charge is -2.18. The number of nitriles is 1. The molecule has 0 fully saturated rings. The number of amides is 2. The third-order valence-corrected chi connectivity index (χ3v) is 3.81. The molecule has 2 aromatic rings. The van der Waals surface area contributed by atoms with Gasteiger partial charge in [0.2, 0.25) is 0 Å². The van der Waals surface area contributed by atoms with Crippen molar-refractivity contribution < 1.29 is 9.53 Å². The summed E-state index contributed by atoms with van der Waals surface area (Å²) in [5.41, 5.74) is 2.20. The minimum atomic E-state index is -0.311. The van der Waals surface area contributed by atoms with Crippen molar-refractivity contribution >= 4 is 11.7 Å². The molecule has 0 spiro atoms. The van der Waals surface area contributed by atoms with Crippen molar-refractivity contribution in [3.05, 3.63) is 59.7 Å². The molecule has 2 N–H and O–H groups in total. The molecule has 1 atom stereocenters. The Morgan fingerprint density at radius 2 is 1.88 bits per heavy atom. The molecule has 26 heavy (non-hydrogen) atoms. The van der Waals surface area contributed by atoms with Crippen molar-refractivity contribution in [1.82, 2.24) is 5.32 Å². The standard InChI is InChI=1S/C21H25N3O2/c1-15(2)26-20-12-11-18(14-22)13-19(20)24-21(25)23-16(3)9-10-17-7-5-4-6-8-17/h4-8,11-13,15-16H,9-10H2,1-3H3,(H2,23,24,25). The zero-order valence-corrected chi connectivity index (χ0v) is 15.5. The normalized spacial score (nSPS) is 11.5. The molecule has 2 amide bonds. The van der Waals surface area contributed by atoms with Crippen LogP contribution >= 0.6 is 0 Å². The van der Waals surface area contributed by atoms with Gasteiger partial charge in [-0.25, -0.2) is 4.79 Å². The van der Waals surface area contributed by atoms with Crippen LogP contribution in [0.3, 0.4) is 0 Å². The largest absolute Gasteiger partial charge is 0.489 e. The number of hydrogen-bond acceptors (Lipinski definition) is 3. The highest BCUT2D eigenvalue weighted by atomic mass is 16.5. The van der Waals surface area contributed by atoms with E-state index in [1.165, 1.54) is 5.56 Å². The van der Waals surface area contributed by atoms with Crippen LogP contribution in [0.15, 0.2) is 48.5 Å². The molecule has 5 nitrogen and oxygen atoms in total. The summed E-state index contributed by atoms with van der Waals surface area (Å²) in [5.74, 6) is 0.547. The topological polar surface area (TPSA) is 74.2 Å². The number of ether oxygens (including phenoxy) is 1. The predicted molar refractivity (Wildman–Crippen MR) is 103 cm³/mol.